The lowest BCUT2D eigenvalue weighted by Gasteiger charge is -2.18. The summed E-state index contributed by atoms with van der Waals surface area (Å²) in [6.45, 7) is 3.96. The van der Waals surface area contributed by atoms with Crippen LogP contribution in [-0.2, 0) is 0 Å². The molecule has 0 heterocycles. The molecule has 1 atom stereocenters. The van der Waals surface area contributed by atoms with Crippen molar-refractivity contribution in [1.29, 1.82) is 0 Å². The second kappa shape index (κ2) is 7.65. The molecule has 0 bridgehead atoms. The smallest absolute Gasteiger partial charge is 0.251 e. The molecule has 0 spiro atoms. The van der Waals surface area contributed by atoms with E-state index in [4.69, 9.17) is 0 Å². The van der Waals surface area contributed by atoms with Crippen molar-refractivity contribution in [3.05, 3.63) is 35.4 Å². The summed E-state index contributed by atoms with van der Waals surface area (Å²) in [6.07, 6.45) is 0.706. The molecule has 5 heteroatoms. The number of hydrogen-bond donors (Lipinski definition) is 3. The minimum absolute atomic E-state index is 0.0982. The molecule has 1 unspecified atom stereocenters. The van der Waals surface area contributed by atoms with E-state index < -0.39 is 0 Å². The quantitative estimate of drug-likeness (QED) is 0.731. The molecular weight excluding hydrogens is 256 g/mol. The molecule has 0 aliphatic rings. The monoisotopic (exact) mass is 278 g/mol. The van der Waals surface area contributed by atoms with Gasteiger partial charge in [-0.2, -0.15) is 0 Å². The molecule has 0 radical (unpaired) electrons. The van der Waals surface area contributed by atoms with E-state index >= 15 is 0 Å². The molecule has 0 aliphatic carbocycles. The summed E-state index contributed by atoms with van der Waals surface area (Å²) in [7, 11) is 1.54. The number of benzene rings is 1. The highest BCUT2D eigenvalue weighted by molar-refractivity contribution is 5.99. The van der Waals surface area contributed by atoms with Gasteiger partial charge in [0.1, 0.15) is 0 Å². The van der Waals surface area contributed by atoms with E-state index in [1.54, 1.807) is 25.2 Å². The molecule has 110 valence electrons. The predicted molar refractivity (Wildman–Crippen MR) is 77.6 cm³/mol. The normalized spacial score (nSPS) is 12.1. The third-order valence-corrected chi connectivity index (χ3v) is 2.93. The lowest BCUT2D eigenvalue weighted by Crippen LogP contribution is -2.38. The first-order valence-corrected chi connectivity index (χ1v) is 6.71. The van der Waals surface area contributed by atoms with E-state index in [0.717, 1.165) is 0 Å². The van der Waals surface area contributed by atoms with E-state index in [2.05, 4.69) is 10.6 Å². The van der Waals surface area contributed by atoms with Gasteiger partial charge in [0.25, 0.3) is 11.8 Å². The molecule has 0 aliphatic heterocycles. The number of carbonyl (C=O) groups excluding carboxylic acids is 2. The van der Waals surface area contributed by atoms with Crippen molar-refractivity contribution >= 4 is 11.8 Å². The van der Waals surface area contributed by atoms with Gasteiger partial charge in [0.15, 0.2) is 0 Å². The van der Waals surface area contributed by atoms with Gasteiger partial charge in [0.2, 0.25) is 0 Å². The van der Waals surface area contributed by atoms with Crippen LogP contribution in [0.15, 0.2) is 24.3 Å². The summed E-state index contributed by atoms with van der Waals surface area (Å²) in [6, 6.07) is 6.22. The van der Waals surface area contributed by atoms with Crippen LogP contribution in [0.2, 0.25) is 0 Å². The number of rotatable bonds is 6. The van der Waals surface area contributed by atoms with Crippen LogP contribution in [0.3, 0.4) is 0 Å². The van der Waals surface area contributed by atoms with Crippen molar-refractivity contribution in [2.45, 2.75) is 26.3 Å². The zero-order chi connectivity index (χ0) is 15.1. The van der Waals surface area contributed by atoms with Gasteiger partial charge in [-0.15, -0.1) is 0 Å². The Labute approximate surface area is 119 Å². The van der Waals surface area contributed by atoms with Gasteiger partial charge in [-0.1, -0.05) is 19.9 Å². The Balaban J connectivity index is 2.79. The number of nitrogens with one attached hydrogen (secondary N) is 2. The van der Waals surface area contributed by atoms with Gasteiger partial charge < -0.3 is 15.7 Å². The second-order valence-electron chi connectivity index (χ2n) is 5.14. The third-order valence-electron chi connectivity index (χ3n) is 2.93. The highest BCUT2D eigenvalue weighted by Crippen LogP contribution is 2.08. The minimum Gasteiger partial charge on any atom is -0.394 e. The zero-order valence-corrected chi connectivity index (χ0v) is 12.1. The van der Waals surface area contributed by atoms with Crippen LogP contribution < -0.4 is 10.6 Å². The first kappa shape index (κ1) is 16.2. The van der Waals surface area contributed by atoms with Crippen LogP contribution >= 0.6 is 0 Å². The maximum atomic E-state index is 12.1. The Hall–Kier alpha value is -1.88. The molecule has 0 fully saturated rings. The standard InChI is InChI=1S/C15H22N2O3/c1-10(2)7-13(9-18)17-15(20)12-6-4-5-11(8-12)14(19)16-3/h4-6,8,10,13,18H,7,9H2,1-3H3,(H,16,19)(H,17,20). The van der Waals surface area contributed by atoms with Crippen molar-refractivity contribution < 1.29 is 14.7 Å². The molecule has 20 heavy (non-hydrogen) atoms. The molecule has 5 nitrogen and oxygen atoms in total. The Kier molecular flexibility index (Phi) is 6.18. The molecule has 2 amide bonds. The summed E-state index contributed by atoms with van der Waals surface area (Å²) >= 11 is 0. The number of hydrogen-bond acceptors (Lipinski definition) is 3. The number of amides is 2. The molecule has 1 rings (SSSR count). The first-order valence-electron chi connectivity index (χ1n) is 6.71. The van der Waals surface area contributed by atoms with Crippen molar-refractivity contribution in [3.63, 3.8) is 0 Å². The predicted octanol–water partition coefficient (Wildman–Crippen LogP) is 1.18. The van der Waals surface area contributed by atoms with Crippen LogP contribution in [-0.4, -0.2) is 36.6 Å². The summed E-state index contributed by atoms with van der Waals surface area (Å²) in [5, 5.41) is 14.6. The molecule has 1 aromatic rings. The highest BCUT2D eigenvalue weighted by Gasteiger charge is 2.15. The minimum atomic E-state index is -0.282. The van der Waals surface area contributed by atoms with Gasteiger partial charge in [-0.3, -0.25) is 9.59 Å². The topological polar surface area (TPSA) is 78.4 Å². The fourth-order valence-electron chi connectivity index (χ4n) is 1.96. The van der Waals surface area contributed by atoms with Crippen LogP contribution in [0, 0.1) is 5.92 Å². The van der Waals surface area contributed by atoms with E-state index in [9.17, 15) is 14.7 Å². The largest absolute Gasteiger partial charge is 0.394 e. The SMILES string of the molecule is CNC(=O)c1cccc(C(=O)NC(CO)CC(C)C)c1. The lowest BCUT2D eigenvalue weighted by molar-refractivity contribution is 0.0908. The summed E-state index contributed by atoms with van der Waals surface area (Å²) < 4.78 is 0. The van der Waals surface area contributed by atoms with Crippen molar-refractivity contribution in [1.82, 2.24) is 10.6 Å². The van der Waals surface area contributed by atoms with Crippen LogP contribution in [0.1, 0.15) is 41.0 Å². The van der Waals surface area contributed by atoms with Crippen LogP contribution in [0.5, 0.6) is 0 Å². The number of aliphatic hydroxyl groups is 1. The summed E-state index contributed by atoms with van der Waals surface area (Å²) in [5.41, 5.74) is 0.845. The fourth-order valence-corrected chi connectivity index (χ4v) is 1.96. The fraction of sp³-hybridized carbons (Fsp3) is 0.467. The van der Waals surface area contributed by atoms with Gasteiger partial charge in [-0.05, 0) is 30.5 Å². The molecule has 1 aromatic carbocycles. The Bertz CT molecular complexity index is 472. The van der Waals surface area contributed by atoms with Gasteiger partial charge in [0.05, 0.1) is 12.6 Å². The summed E-state index contributed by atoms with van der Waals surface area (Å²) in [4.78, 5) is 23.6. The lowest BCUT2D eigenvalue weighted by atomic mass is 10.0. The average Bonchev–Trinajstić information content (AvgIpc) is 2.45. The van der Waals surface area contributed by atoms with E-state index in [-0.39, 0.29) is 24.5 Å². The van der Waals surface area contributed by atoms with Crippen LogP contribution in [0.4, 0.5) is 0 Å². The van der Waals surface area contributed by atoms with E-state index in [1.807, 2.05) is 13.8 Å². The Morgan fingerprint density at radius 1 is 1.20 bits per heavy atom. The summed E-state index contributed by atoms with van der Waals surface area (Å²) in [5.74, 6) is -0.138. The molecular formula is C15H22N2O3. The van der Waals surface area contributed by atoms with E-state index in [1.165, 1.54) is 6.07 Å². The Morgan fingerprint density at radius 3 is 2.30 bits per heavy atom. The average molecular weight is 278 g/mol. The van der Waals surface area contributed by atoms with Gasteiger partial charge in [0, 0.05) is 18.2 Å². The maximum Gasteiger partial charge on any atom is 0.251 e. The molecule has 0 saturated carbocycles. The van der Waals surface area contributed by atoms with Crippen molar-refractivity contribution in [2.24, 2.45) is 5.92 Å². The second-order valence-corrected chi connectivity index (χ2v) is 5.14. The molecule has 0 aromatic heterocycles. The van der Waals surface area contributed by atoms with Gasteiger partial charge in [-0.25, -0.2) is 0 Å². The third kappa shape index (κ3) is 4.66. The first-order chi connectivity index (χ1) is 9.47. The Morgan fingerprint density at radius 2 is 1.80 bits per heavy atom. The molecule has 0 saturated heterocycles. The van der Waals surface area contributed by atoms with Crippen molar-refractivity contribution in [3.8, 4) is 0 Å². The van der Waals surface area contributed by atoms with Crippen LogP contribution in [0.25, 0.3) is 0 Å². The highest BCUT2D eigenvalue weighted by atomic mass is 16.3. The van der Waals surface area contributed by atoms with Gasteiger partial charge >= 0.3 is 0 Å². The maximum absolute atomic E-state index is 12.1. The van der Waals surface area contributed by atoms with Crippen molar-refractivity contribution in [2.75, 3.05) is 13.7 Å². The zero-order valence-electron chi connectivity index (χ0n) is 12.1. The van der Waals surface area contributed by atoms with E-state index in [0.29, 0.717) is 23.5 Å². The molecule has 3 N–H and O–H groups in total. The number of carbonyl (C=O) groups is 2. The number of aliphatic hydroxyl groups excluding tert-OH is 1.